The van der Waals surface area contributed by atoms with E-state index >= 15 is 0 Å². The molecule has 21 heavy (non-hydrogen) atoms. The maximum Gasteiger partial charge on any atom is 0.416 e. The van der Waals surface area contributed by atoms with Gasteiger partial charge in [0.2, 0.25) is 0 Å². The number of hydrogen-bond acceptors (Lipinski definition) is 2. The van der Waals surface area contributed by atoms with E-state index in [1.807, 2.05) is 19.0 Å². The summed E-state index contributed by atoms with van der Waals surface area (Å²) in [7, 11) is 3.63. The zero-order chi connectivity index (χ0) is 16.3. The van der Waals surface area contributed by atoms with Gasteiger partial charge in [-0.15, -0.1) is 0 Å². The highest BCUT2D eigenvalue weighted by Gasteiger charge is 2.36. The van der Waals surface area contributed by atoms with Crippen molar-refractivity contribution in [2.45, 2.75) is 18.9 Å². The second-order valence-electron chi connectivity index (χ2n) is 4.89. The lowest BCUT2D eigenvalue weighted by Gasteiger charge is -2.15. The molecule has 0 atom stereocenters. The average molecular weight is 314 g/mol. The molecule has 0 fully saturated rings. The number of rotatable bonds is 5. The van der Waals surface area contributed by atoms with E-state index in [0.717, 1.165) is 12.1 Å². The molecule has 0 radical (unpaired) electrons. The van der Waals surface area contributed by atoms with Crippen LogP contribution in [0.4, 0.5) is 26.3 Å². The van der Waals surface area contributed by atoms with E-state index in [1.54, 1.807) is 0 Å². The number of nitrogens with one attached hydrogen (secondary N) is 1. The van der Waals surface area contributed by atoms with E-state index in [1.165, 1.54) is 0 Å². The van der Waals surface area contributed by atoms with Crippen molar-refractivity contribution in [2.24, 2.45) is 0 Å². The molecule has 1 aromatic carbocycles. The fourth-order valence-corrected chi connectivity index (χ4v) is 1.66. The van der Waals surface area contributed by atoms with Crippen molar-refractivity contribution in [3.8, 4) is 0 Å². The van der Waals surface area contributed by atoms with E-state index in [0.29, 0.717) is 13.1 Å². The Morgan fingerprint density at radius 3 is 1.76 bits per heavy atom. The average Bonchev–Trinajstić information content (AvgIpc) is 2.32. The van der Waals surface area contributed by atoms with E-state index < -0.39 is 23.5 Å². The van der Waals surface area contributed by atoms with Gasteiger partial charge in [-0.25, -0.2) is 0 Å². The first-order valence-electron chi connectivity index (χ1n) is 6.14. The maximum atomic E-state index is 12.6. The molecule has 120 valence electrons. The Morgan fingerprint density at radius 1 is 0.905 bits per heavy atom. The van der Waals surface area contributed by atoms with Gasteiger partial charge in [-0.3, -0.25) is 0 Å². The first-order valence-corrected chi connectivity index (χ1v) is 6.14. The SMILES string of the molecule is CN(C)CCNCc1cc(C(F)(F)F)cc(C(F)(F)F)c1. The predicted octanol–water partition coefficient (Wildman–Crippen LogP) is 3.38. The summed E-state index contributed by atoms with van der Waals surface area (Å²) in [4.78, 5) is 1.85. The third-order valence-electron chi connectivity index (χ3n) is 2.71. The highest BCUT2D eigenvalue weighted by Crippen LogP contribution is 2.36. The minimum absolute atomic E-state index is 0.0455. The molecule has 0 saturated heterocycles. The van der Waals surface area contributed by atoms with Gasteiger partial charge in [-0.05, 0) is 37.9 Å². The summed E-state index contributed by atoms with van der Waals surface area (Å²) in [5, 5.41) is 2.81. The van der Waals surface area contributed by atoms with Gasteiger partial charge in [-0.1, -0.05) is 0 Å². The molecule has 0 spiro atoms. The van der Waals surface area contributed by atoms with E-state index in [2.05, 4.69) is 5.32 Å². The summed E-state index contributed by atoms with van der Waals surface area (Å²) >= 11 is 0. The Labute approximate surface area is 118 Å². The minimum Gasteiger partial charge on any atom is -0.311 e. The summed E-state index contributed by atoms with van der Waals surface area (Å²) < 4.78 is 75.8. The summed E-state index contributed by atoms with van der Waals surface area (Å²) in [5.41, 5.74) is -2.63. The fraction of sp³-hybridized carbons (Fsp3) is 0.538. The van der Waals surface area contributed by atoms with Crippen LogP contribution in [-0.4, -0.2) is 32.1 Å². The van der Waals surface area contributed by atoms with E-state index in [9.17, 15) is 26.3 Å². The molecular formula is C13H16F6N2. The molecule has 0 aliphatic carbocycles. The molecule has 1 aromatic rings. The third-order valence-corrected chi connectivity index (χ3v) is 2.71. The van der Waals surface area contributed by atoms with Crippen molar-refractivity contribution in [3.63, 3.8) is 0 Å². The van der Waals surface area contributed by atoms with E-state index in [4.69, 9.17) is 0 Å². The van der Waals surface area contributed by atoms with Crippen molar-refractivity contribution in [1.82, 2.24) is 10.2 Å². The Balaban J connectivity index is 2.93. The van der Waals surface area contributed by atoms with Gasteiger partial charge in [-0.2, -0.15) is 26.3 Å². The molecule has 0 aliphatic heterocycles. The molecule has 0 unspecified atom stereocenters. The highest BCUT2D eigenvalue weighted by molar-refractivity contribution is 5.33. The monoisotopic (exact) mass is 314 g/mol. The number of halogens is 6. The molecule has 0 heterocycles. The van der Waals surface area contributed by atoms with Crippen molar-refractivity contribution in [2.75, 3.05) is 27.2 Å². The van der Waals surface area contributed by atoms with Crippen LogP contribution in [0.15, 0.2) is 18.2 Å². The van der Waals surface area contributed by atoms with Crippen LogP contribution in [0.25, 0.3) is 0 Å². The Hall–Kier alpha value is -1.28. The quantitative estimate of drug-likeness (QED) is 0.662. The van der Waals surface area contributed by atoms with Crippen LogP contribution in [0.3, 0.4) is 0 Å². The van der Waals surface area contributed by atoms with Crippen LogP contribution in [-0.2, 0) is 18.9 Å². The summed E-state index contributed by atoms with van der Waals surface area (Å²) in [6.45, 7) is 1.04. The molecule has 2 nitrogen and oxygen atoms in total. The number of hydrogen-bond donors (Lipinski definition) is 1. The van der Waals surface area contributed by atoms with Crippen molar-refractivity contribution >= 4 is 0 Å². The van der Waals surface area contributed by atoms with Crippen LogP contribution in [0.2, 0.25) is 0 Å². The van der Waals surface area contributed by atoms with Crippen LogP contribution in [0, 0.1) is 0 Å². The molecule has 0 bridgehead atoms. The first kappa shape index (κ1) is 17.8. The van der Waals surface area contributed by atoms with Crippen LogP contribution < -0.4 is 5.32 Å². The highest BCUT2D eigenvalue weighted by atomic mass is 19.4. The topological polar surface area (TPSA) is 15.3 Å². The van der Waals surface area contributed by atoms with Gasteiger partial charge in [0.25, 0.3) is 0 Å². The van der Waals surface area contributed by atoms with Gasteiger partial charge in [0, 0.05) is 19.6 Å². The Morgan fingerprint density at radius 2 is 1.38 bits per heavy atom. The third kappa shape index (κ3) is 5.92. The molecule has 1 N–H and O–H groups in total. The largest absolute Gasteiger partial charge is 0.416 e. The van der Waals surface area contributed by atoms with Gasteiger partial charge in [0.15, 0.2) is 0 Å². The predicted molar refractivity (Wildman–Crippen MR) is 66.7 cm³/mol. The second kappa shape index (κ2) is 6.65. The Bertz CT molecular complexity index is 432. The number of alkyl halides is 6. The zero-order valence-corrected chi connectivity index (χ0v) is 11.6. The normalized spacial score (nSPS) is 13.0. The number of nitrogens with zero attached hydrogens (tertiary/aromatic N) is 1. The summed E-state index contributed by atoms with van der Waals surface area (Å²) in [6.07, 6.45) is -9.61. The van der Waals surface area contributed by atoms with Gasteiger partial charge in [0.1, 0.15) is 0 Å². The van der Waals surface area contributed by atoms with Crippen LogP contribution >= 0.6 is 0 Å². The molecule has 0 aromatic heterocycles. The van der Waals surface area contributed by atoms with Gasteiger partial charge in [0.05, 0.1) is 11.1 Å². The van der Waals surface area contributed by atoms with Crippen LogP contribution in [0.1, 0.15) is 16.7 Å². The standard InChI is InChI=1S/C13H16F6N2/c1-21(2)4-3-20-8-9-5-10(12(14,15)16)7-11(6-9)13(17,18)19/h5-7,20H,3-4,8H2,1-2H3. The van der Waals surface area contributed by atoms with Crippen molar-refractivity contribution in [1.29, 1.82) is 0 Å². The van der Waals surface area contributed by atoms with E-state index in [-0.39, 0.29) is 18.2 Å². The number of benzene rings is 1. The van der Waals surface area contributed by atoms with Crippen molar-refractivity contribution < 1.29 is 26.3 Å². The maximum absolute atomic E-state index is 12.6. The smallest absolute Gasteiger partial charge is 0.311 e. The number of likely N-dealkylation sites (N-methyl/N-ethyl adjacent to an activating group) is 1. The molecule has 8 heteroatoms. The molecule has 1 rings (SSSR count). The Kier molecular flexibility index (Phi) is 5.63. The molecule has 0 amide bonds. The summed E-state index contributed by atoms with van der Waals surface area (Å²) in [5.74, 6) is 0. The lowest BCUT2D eigenvalue weighted by Crippen LogP contribution is -2.26. The van der Waals surface area contributed by atoms with Crippen molar-refractivity contribution in [3.05, 3.63) is 34.9 Å². The lowest BCUT2D eigenvalue weighted by molar-refractivity contribution is -0.143. The molecule has 0 saturated carbocycles. The zero-order valence-electron chi connectivity index (χ0n) is 11.6. The minimum atomic E-state index is -4.81. The van der Waals surface area contributed by atoms with Crippen LogP contribution in [0.5, 0.6) is 0 Å². The first-order chi connectivity index (χ1) is 9.50. The fourth-order valence-electron chi connectivity index (χ4n) is 1.66. The van der Waals surface area contributed by atoms with Gasteiger partial charge < -0.3 is 10.2 Å². The summed E-state index contributed by atoms with van der Waals surface area (Å²) in [6, 6.07) is 1.60. The lowest BCUT2D eigenvalue weighted by atomic mass is 10.0. The van der Waals surface area contributed by atoms with Gasteiger partial charge >= 0.3 is 12.4 Å². The second-order valence-corrected chi connectivity index (χ2v) is 4.89. The molecule has 0 aliphatic rings. The molecular weight excluding hydrogens is 298 g/mol.